The molecule has 0 saturated heterocycles. The van der Waals surface area contributed by atoms with Crippen molar-refractivity contribution in [2.24, 2.45) is 21.5 Å². The van der Waals surface area contributed by atoms with Crippen molar-refractivity contribution >= 4 is 50.7 Å². The van der Waals surface area contributed by atoms with Crippen molar-refractivity contribution in [1.29, 1.82) is 0 Å². The minimum absolute atomic E-state index is 0.0316. The highest BCUT2D eigenvalue weighted by atomic mass is 32.2. The van der Waals surface area contributed by atoms with Gasteiger partial charge in [-0.2, -0.15) is 4.99 Å². The van der Waals surface area contributed by atoms with E-state index in [0.717, 1.165) is 21.5 Å². The number of thiazole rings is 1. The number of anilines is 1. The number of hydrogen-bond acceptors (Lipinski definition) is 8. The fraction of sp³-hybridized carbons (Fsp3) is 0.214. The van der Waals surface area contributed by atoms with Crippen molar-refractivity contribution < 1.29 is 4.92 Å². The van der Waals surface area contributed by atoms with Crippen LogP contribution in [0.1, 0.15) is 11.8 Å². The van der Waals surface area contributed by atoms with Crippen LogP contribution in [0.3, 0.4) is 0 Å². The minimum atomic E-state index is -0.430. The van der Waals surface area contributed by atoms with Crippen LogP contribution in [-0.4, -0.2) is 26.8 Å². The van der Waals surface area contributed by atoms with Gasteiger partial charge in [0.1, 0.15) is 5.54 Å². The van der Waals surface area contributed by atoms with Crippen molar-refractivity contribution in [3.63, 3.8) is 0 Å². The molecule has 2 heterocycles. The number of aromatic nitrogens is 1. The maximum Gasteiger partial charge on any atom is 0.269 e. The van der Waals surface area contributed by atoms with E-state index in [0.29, 0.717) is 5.13 Å². The smallest absolute Gasteiger partial charge is 0.269 e. The zero-order valence-electron chi connectivity index (χ0n) is 13.2. The summed E-state index contributed by atoms with van der Waals surface area (Å²) < 4.78 is 0. The Bertz CT molecular complexity index is 858. The van der Waals surface area contributed by atoms with E-state index in [4.69, 9.17) is 16.5 Å². The highest BCUT2D eigenvalue weighted by molar-refractivity contribution is 8.14. The second kappa shape index (κ2) is 6.69. The number of rotatable bonds is 4. The number of nitro groups is 1. The minimum Gasteiger partial charge on any atom is -0.370 e. The number of aliphatic imine (C=N–C) groups is 2. The molecule has 0 amide bonds. The number of nitrogens with two attached hydrogens (primary N) is 2. The van der Waals surface area contributed by atoms with E-state index in [1.54, 1.807) is 30.1 Å². The molecule has 1 aromatic carbocycles. The first-order valence-electron chi connectivity index (χ1n) is 7.16. The zero-order valence-corrected chi connectivity index (χ0v) is 14.8. The molecule has 9 nitrogen and oxygen atoms in total. The van der Waals surface area contributed by atoms with E-state index in [-0.39, 0.29) is 11.6 Å². The third-order valence-corrected chi connectivity index (χ3v) is 5.73. The first-order valence-corrected chi connectivity index (χ1v) is 8.96. The number of benzene rings is 1. The Morgan fingerprint density at radius 3 is 2.76 bits per heavy atom. The van der Waals surface area contributed by atoms with Gasteiger partial charge >= 0.3 is 0 Å². The van der Waals surface area contributed by atoms with Gasteiger partial charge in [-0.3, -0.25) is 10.1 Å². The van der Waals surface area contributed by atoms with Gasteiger partial charge in [-0.05, 0) is 19.1 Å². The van der Waals surface area contributed by atoms with E-state index in [1.807, 2.05) is 6.92 Å². The summed E-state index contributed by atoms with van der Waals surface area (Å²) >= 11 is 2.96. The van der Waals surface area contributed by atoms with Crippen molar-refractivity contribution in [3.8, 4) is 0 Å². The molecule has 0 fully saturated rings. The summed E-state index contributed by atoms with van der Waals surface area (Å²) in [5.41, 5.74) is 11.1. The van der Waals surface area contributed by atoms with Crippen LogP contribution < -0.4 is 16.8 Å². The Morgan fingerprint density at radius 2 is 2.12 bits per heavy atom. The fourth-order valence-electron chi connectivity index (χ4n) is 2.15. The largest absolute Gasteiger partial charge is 0.370 e. The van der Waals surface area contributed by atoms with E-state index in [9.17, 15) is 10.1 Å². The number of nitro benzene ring substituents is 1. The summed E-state index contributed by atoms with van der Waals surface area (Å²) in [6.45, 7) is 2.01. The van der Waals surface area contributed by atoms with Gasteiger partial charge in [0.05, 0.1) is 9.80 Å². The van der Waals surface area contributed by atoms with Crippen LogP contribution in [0.2, 0.25) is 0 Å². The van der Waals surface area contributed by atoms with Crippen molar-refractivity contribution in [1.82, 2.24) is 4.98 Å². The molecule has 1 aromatic heterocycles. The Morgan fingerprint density at radius 1 is 1.40 bits per heavy atom. The lowest BCUT2D eigenvalue weighted by molar-refractivity contribution is -0.384. The standard InChI is InChI=1S/C14H15N7O2S2/c1-14(10-6-17-12(25-10)19-11(15)16)7-24-13(20-14)18-8-2-4-9(5-3-8)21(22)23/h2-6H,7H2,1H3,(H,18,20)(H4,15,16,17,19). The van der Waals surface area contributed by atoms with Gasteiger partial charge in [0.25, 0.3) is 5.69 Å². The molecule has 2 aromatic rings. The van der Waals surface area contributed by atoms with Gasteiger partial charge in [-0.25, -0.2) is 9.98 Å². The topological polar surface area (TPSA) is 145 Å². The van der Waals surface area contributed by atoms with E-state index < -0.39 is 10.5 Å². The third kappa shape index (κ3) is 3.88. The first-order chi connectivity index (χ1) is 11.9. The molecule has 3 rings (SSSR count). The summed E-state index contributed by atoms with van der Waals surface area (Å²) in [7, 11) is 0. The predicted molar refractivity (Wildman–Crippen MR) is 102 cm³/mol. The van der Waals surface area contributed by atoms with Gasteiger partial charge in [0.2, 0.25) is 5.13 Å². The Balaban J connectivity index is 1.75. The van der Waals surface area contributed by atoms with Crippen LogP contribution in [0.5, 0.6) is 0 Å². The van der Waals surface area contributed by atoms with E-state index in [1.165, 1.54) is 23.5 Å². The van der Waals surface area contributed by atoms with Gasteiger partial charge in [-0.15, -0.1) is 0 Å². The monoisotopic (exact) mass is 377 g/mol. The van der Waals surface area contributed by atoms with Crippen LogP contribution >= 0.6 is 23.1 Å². The zero-order chi connectivity index (χ0) is 18.0. The SMILES string of the molecule is CC1(c2cnc(N=C(N)N)s2)CSC(Nc2ccc([N+](=O)[O-])cc2)=N1. The number of nitrogens with one attached hydrogen (secondary N) is 1. The average molecular weight is 377 g/mol. The summed E-state index contributed by atoms with van der Waals surface area (Å²) in [4.78, 5) is 24.1. The van der Waals surface area contributed by atoms with Crippen LogP contribution in [0.4, 0.5) is 16.5 Å². The highest BCUT2D eigenvalue weighted by Crippen LogP contribution is 2.40. The first kappa shape index (κ1) is 17.2. The van der Waals surface area contributed by atoms with Gasteiger partial charge in [-0.1, -0.05) is 23.1 Å². The van der Waals surface area contributed by atoms with Crippen LogP contribution in [-0.2, 0) is 5.54 Å². The summed E-state index contributed by atoms with van der Waals surface area (Å²) in [5, 5.41) is 15.1. The summed E-state index contributed by atoms with van der Waals surface area (Å²) in [6.07, 6.45) is 1.73. The Kier molecular flexibility index (Phi) is 4.59. The number of guanidine groups is 1. The normalized spacial score (nSPS) is 19.3. The molecule has 0 bridgehead atoms. The Hall–Kier alpha value is -2.66. The van der Waals surface area contributed by atoms with Crippen LogP contribution in [0.25, 0.3) is 0 Å². The molecule has 1 atom stereocenters. The molecule has 5 N–H and O–H groups in total. The number of non-ortho nitro benzene ring substituents is 1. The van der Waals surface area contributed by atoms with Gasteiger partial charge < -0.3 is 16.8 Å². The van der Waals surface area contributed by atoms with Crippen molar-refractivity contribution in [3.05, 3.63) is 45.5 Å². The highest BCUT2D eigenvalue weighted by Gasteiger charge is 2.34. The lowest BCUT2D eigenvalue weighted by Crippen LogP contribution is -2.21. The molecule has 0 saturated carbocycles. The molecule has 1 aliphatic heterocycles. The number of amidine groups is 1. The molecule has 11 heteroatoms. The quantitative estimate of drug-likeness (QED) is 0.321. The molecule has 0 spiro atoms. The molecule has 1 aliphatic rings. The molecule has 130 valence electrons. The van der Waals surface area contributed by atoms with Crippen LogP contribution in [0.15, 0.2) is 40.4 Å². The number of nitrogens with zero attached hydrogens (tertiary/aromatic N) is 4. The molecule has 0 aliphatic carbocycles. The Labute approximate surface area is 151 Å². The van der Waals surface area contributed by atoms with Gasteiger partial charge in [0, 0.05) is 29.8 Å². The molecular formula is C14H15N7O2S2. The average Bonchev–Trinajstić information content (AvgIpc) is 3.15. The lowest BCUT2D eigenvalue weighted by atomic mass is 10.1. The molecular weight excluding hydrogens is 362 g/mol. The summed E-state index contributed by atoms with van der Waals surface area (Å²) in [5.74, 6) is 0.710. The fourth-order valence-corrected chi connectivity index (χ4v) is 4.24. The maximum absolute atomic E-state index is 10.7. The summed E-state index contributed by atoms with van der Waals surface area (Å²) in [6, 6.07) is 6.21. The van der Waals surface area contributed by atoms with Crippen molar-refractivity contribution in [2.45, 2.75) is 12.5 Å². The predicted octanol–water partition coefficient (Wildman–Crippen LogP) is 2.39. The molecule has 0 radical (unpaired) electrons. The van der Waals surface area contributed by atoms with E-state index in [2.05, 4.69) is 15.3 Å². The second-order valence-corrected chi connectivity index (χ2v) is 7.43. The van der Waals surface area contributed by atoms with Gasteiger partial charge in [0.15, 0.2) is 11.1 Å². The second-order valence-electron chi connectivity index (χ2n) is 5.45. The van der Waals surface area contributed by atoms with Crippen molar-refractivity contribution in [2.75, 3.05) is 11.1 Å². The molecule has 25 heavy (non-hydrogen) atoms. The third-order valence-electron chi connectivity index (χ3n) is 3.42. The molecule has 1 unspecified atom stereocenters. The maximum atomic E-state index is 10.7. The van der Waals surface area contributed by atoms with Crippen LogP contribution in [0, 0.1) is 10.1 Å². The number of thioether (sulfide) groups is 1. The number of hydrogen-bond donors (Lipinski definition) is 3. The lowest BCUT2D eigenvalue weighted by Gasteiger charge is -2.16. The van der Waals surface area contributed by atoms with E-state index >= 15 is 0 Å².